The maximum absolute atomic E-state index is 9.92. The Labute approximate surface area is 168 Å². The van der Waals surface area contributed by atoms with Gasteiger partial charge in [-0.2, -0.15) is 5.26 Å². The predicted molar refractivity (Wildman–Crippen MR) is 117 cm³/mol. The van der Waals surface area contributed by atoms with Crippen LogP contribution in [0.4, 0.5) is 0 Å². The number of benzene rings is 1. The van der Waals surface area contributed by atoms with E-state index in [1.165, 1.54) is 101 Å². The molecule has 1 atom stereocenters. The van der Waals surface area contributed by atoms with Crippen LogP contribution in [0.25, 0.3) is 0 Å². The second kappa shape index (κ2) is 12.2. The Hall–Kier alpha value is -1.29. The number of aryl methyl sites for hydroxylation is 1. The molecule has 2 rings (SSSR count). The average Bonchev–Trinajstić information content (AvgIpc) is 2.71. The molecule has 1 aromatic rings. The topological polar surface area (TPSA) is 23.8 Å². The van der Waals surface area contributed by atoms with Crippen molar-refractivity contribution in [3.63, 3.8) is 0 Å². The Kier molecular flexibility index (Phi) is 9.96. The van der Waals surface area contributed by atoms with Gasteiger partial charge in [-0.15, -0.1) is 0 Å². The van der Waals surface area contributed by atoms with Crippen LogP contribution in [0.1, 0.15) is 121 Å². The molecule has 1 nitrogen and oxygen atoms in total. The molecule has 0 amide bonds. The highest BCUT2D eigenvalue weighted by Crippen LogP contribution is 2.47. The van der Waals surface area contributed by atoms with Crippen LogP contribution in [0.15, 0.2) is 24.3 Å². The standard InChI is InChI=1S/C26H41N/c1-3-5-7-9-13-23-14-16-24(17-15-23)25(22-27)21-26(18-10-6-4-2)19-11-8-12-20-26/h14-17,25H,3-13,18-21H2,1-2H3. The molecule has 1 fully saturated rings. The molecule has 0 aliphatic heterocycles. The minimum Gasteiger partial charge on any atom is -0.198 e. The van der Waals surface area contributed by atoms with E-state index in [9.17, 15) is 5.26 Å². The van der Waals surface area contributed by atoms with E-state index in [0.29, 0.717) is 5.41 Å². The van der Waals surface area contributed by atoms with Crippen molar-refractivity contribution in [3.8, 4) is 6.07 Å². The van der Waals surface area contributed by atoms with Crippen molar-refractivity contribution in [2.45, 2.75) is 116 Å². The third-order valence-corrected chi connectivity index (χ3v) is 6.72. The van der Waals surface area contributed by atoms with Gasteiger partial charge in [0.2, 0.25) is 0 Å². The first kappa shape index (κ1) is 22.0. The second-order valence-corrected chi connectivity index (χ2v) is 8.96. The molecule has 0 N–H and O–H groups in total. The highest BCUT2D eigenvalue weighted by atomic mass is 14.4. The molecule has 0 bridgehead atoms. The van der Waals surface area contributed by atoms with E-state index in [4.69, 9.17) is 0 Å². The first-order chi connectivity index (χ1) is 13.2. The molecule has 0 saturated heterocycles. The number of hydrogen-bond donors (Lipinski definition) is 0. The lowest BCUT2D eigenvalue weighted by atomic mass is 9.65. The smallest absolute Gasteiger partial charge is 0.0718 e. The van der Waals surface area contributed by atoms with Crippen LogP contribution < -0.4 is 0 Å². The lowest BCUT2D eigenvalue weighted by Crippen LogP contribution is -2.26. The Morgan fingerprint density at radius 1 is 0.889 bits per heavy atom. The van der Waals surface area contributed by atoms with E-state index in [0.717, 1.165) is 6.42 Å². The maximum atomic E-state index is 9.92. The van der Waals surface area contributed by atoms with Gasteiger partial charge in [0, 0.05) is 0 Å². The normalized spacial score (nSPS) is 17.4. The summed E-state index contributed by atoms with van der Waals surface area (Å²) in [6.07, 6.45) is 19.6. The van der Waals surface area contributed by atoms with Crippen molar-refractivity contribution in [2.24, 2.45) is 5.41 Å². The van der Waals surface area contributed by atoms with E-state index < -0.39 is 0 Å². The van der Waals surface area contributed by atoms with Crippen molar-refractivity contribution >= 4 is 0 Å². The van der Waals surface area contributed by atoms with Crippen molar-refractivity contribution in [1.82, 2.24) is 0 Å². The van der Waals surface area contributed by atoms with E-state index in [1.54, 1.807) is 0 Å². The van der Waals surface area contributed by atoms with Gasteiger partial charge in [-0.3, -0.25) is 0 Å². The van der Waals surface area contributed by atoms with Gasteiger partial charge < -0.3 is 0 Å². The zero-order valence-electron chi connectivity index (χ0n) is 17.9. The molecular weight excluding hydrogens is 326 g/mol. The molecule has 0 radical (unpaired) electrons. The van der Waals surface area contributed by atoms with Gasteiger partial charge in [0.1, 0.15) is 0 Å². The first-order valence-corrected chi connectivity index (χ1v) is 11.7. The number of rotatable bonds is 12. The van der Waals surface area contributed by atoms with Crippen LogP contribution in [0.2, 0.25) is 0 Å². The van der Waals surface area contributed by atoms with Crippen molar-refractivity contribution in [3.05, 3.63) is 35.4 Å². The highest BCUT2D eigenvalue weighted by Gasteiger charge is 2.34. The van der Waals surface area contributed by atoms with Gasteiger partial charge >= 0.3 is 0 Å². The zero-order valence-corrected chi connectivity index (χ0v) is 17.9. The third-order valence-electron chi connectivity index (χ3n) is 6.72. The largest absolute Gasteiger partial charge is 0.198 e. The average molecular weight is 368 g/mol. The number of unbranched alkanes of at least 4 members (excludes halogenated alkanes) is 5. The van der Waals surface area contributed by atoms with Crippen molar-refractivity contribution in [1.29, 1.82) is 5.26 Å². The van der Waals surface area contributed by atoms with Gasteiger partial charge in [-0.1, -0.05) is 95.9 Å². The number of nitrogens with zero attached hydrogens (tertiary/aromatic N) is 1. The second-order valence-electron chi connectivity index (χ2n) is 8.96. The van der Waals surface area contributed by atoms with Crippen LogP contribution >= 0.6 is 0 Å². The summed E-state index contributed by atoms with van der Waals surface area (Å²) in [6, 6.07) is 11.7. The quantitative estimate of drug-likeness (QED) is 0.340. The van der Waals surface area contributed by atoms with Gasteiger partial charge in [0.15, 0.2) is 0 Å². The molecule has 150 valence electrons. The number of hydrogen-bond acceptors (Lipinski definition) is 1. The molecule has 1 heteroatoms. The van der Waals surface area contributed by atoms with Crippen LogP contribution in [0, 0.1) is 16.7 Å². The summed E-state index contributed by atoms with van der Waals surface area (Å²) < 4.78 is 0. The summed E-state index contributed by atoms with van der Waals surface area (Å²) >= 11 is 0. The molecule has 1 aliphatic carbocycles. The summed E-state index contributed by atoms with van der Waals surface area (Å²) in [5.74, 6) is 0.0684. The molecule has 0 heterocycles. The van der Waals surface area contributed by atoms with Gasteiger partial charge in [0.25, 0.3) is 0 Å². The van der Waals surface area contributed by atoms with Crippen LogP contribution in [0.3, 0.4) is 0 Å². The molecule has 1 aromatic carbocycles. The highest BCUT2D eigenvalue weighted by molar-refractivity contribution is 5.29. The first-order valence-electron chi connectivity index (χ1n) is 11.7. The fourth-order valence-electron chi connectivity index (χ4n) is 4.95. The van der Waals surface area contributed by atoms with E-state index in [2.05, 4.69) is 44.2 Å². The summed E-state index contributed by atoms with van der Waals surface area (Å²) in [5, 5.41) is 9.92. The molecule has 1 saturated carbocycles. The maximum Gasteiger partial charge on any atom is 0.0718 e. The number of nitriles is 1. The molecule has 27 heavy (non-hydrogen) atoms. The van der Waals surface area contributed by atoms with Gasteiger partial charge in [0.05, 0.1) is 12.0 Å². The third kappa shape index (κ3) is 7.33. The Bertz CT molecular complexity index is 545. The van der Waals surface area contributed by atoms with Crippen LogP contribution in [0.5, 0.6) is 0 Å². The van der Waals surface area contributed by atoms with Gasteiger partial charge in [-0.25, -0.2) is 0 Å². The zero-order chi connectivity index (χ0) is 19.4. The van der Waals surface area contributed by atoms with E-state index in [-0.39, 0.29) is 5.92 Å². The molecule has 0 aromatic heterocycles. The van der Waals surface area contributed by atoms with Crippen LogP contribution in [-0.2, 0) is 6.42 Å². The van der Waals surface area contributed by atoms with Crippen LogP contribution in [-0.4, -0.2) is 0 Å². The van der Waals surface area contributed by atoms with Crippen molar-refractivity contribution < 1.29 is 0 Å². The minimum absolute atomic E-state index is 0.0684. The molecule has 0 spiro atoms. The molecule has 1 unspecified atom stereocenters. The predicted octanol–water partition coefficient (Wildman–Crippen LogP) is 8.34. The molecule has 1 aliphatic rings. The summed E-state index contributed by atoms with van der Waals surface area (Å²) in [4.78, 5) is 0. The SMILES string of the molecule is CCCCCCc1ccc(C(C#N)CC2(CCCCC)CCCCC2)cc1. The summed E-state index contributed by atoms with van der Waals surface area (Å²) in [5.41, 5.74) is 3.10. The fraction of sp³-hybridized carbons (Fsp3) is 0.731. The lowest BCUT2D eigenvalue weighted by Gasteiger charge is -2.39. The summed E-state index contributed by atoms with van der Waals surface area (Å²) in [6.45, 7) is 4.55. The van der Waals surface area contributed by atoms with Crippen molar-refractivity contribution in [2.75, 3.05) is 0 Å². The Morgan fingerprint density at radius 3 is 2.19 bits per heavy atom. The Balaban J connectivity index is 1.98. The monoisotopic (exact) mass is 367 g/mol. The minimum atomic E-state index is 0.0684. The summed E-state index contributed by atoms with van der Waals surface area (Å²) in [7, 11) is 0. The van der Waals surface area contributed by atoms with E-state index >= 15 is 0 Å². The van der Waals surface area contributed by atoms with E-state index in [1.807, 2.05) is 0 Å². The fourth-order valence-corrected chi connectivity index (χ4v) is 4.95. The molecular formula is C26H41N. The lowest BCUT2D eigenvalue weighted by molar-refractivity contribution is 0.147. The Morgan fingerprint density at radius 2 is 1.56 bits per heavy atom. The van der Waals surface area contributed by atoms with Gasteiger partial charge in [-0.05, 0) is 55.1 Å².